The van der Waals surface area contributed by atoms with Crippen molar-refractivity contribution in [2.45, 2.75) is 40.0 Å². The van der Waals surface area contributed by atoms with Crippen LogP contribution in [0.25, 0.3) is 5.57 Å². The third-order valence-electron chi connectivity index (χ3n) is 5.65. The van der Waals surface area contributed by atoms with Gasteiger partial charge in [0.05, 0.1) is 13.7 Å². The molecule has 0 bridgehead atoms. The van der Waals surface area contributed by atoms with Crippen LogP contribution in [0.3, 0.4) is 0 Å². The Labute approximate surface area is 155 Å². The molecule has 0 saturated heterocycles. The number of rotatable bonds is 4. The second-order valence-electron chi connectivity index (χ2n) is 6.87. The minimum Gasteiger partial charge on any atom is -0.497 e. The Kier molecular flexibility index (Phi) is 4.94. The fraction of sp³-hybridized carbons (Fsp3) is 0.409. The van der Waals surface area contributed by atoms with Crippen LogP contribution in [0.2, 0.25) is 0 Å². The Morgan fingerprint density at radius 2 is 1.81 bits per heavy atom. The van der Waals surface area contributed by atoms with E-state index in [9.17, 15) is 4.79 Å². The Morgan fingerprint density at radius 3 is 2.38 bits per heavy atom. The van der Waals surface area contributed by atoms with Gasteiger partial charge >= 0.3 is 5.97 Å². The first-order valence-corrected chi connectivity index (χ1v) is 9.07. The van der Waals surface area contributed by atoms with Gasteiger partial charge in [-0.2, -0.15) is 0 Å². The number of benzene rings is 1. The van der Waals surface area contributed by atoms with E-state index in [0.29, 0.717) is 13.0 Å². The zero-order chi connectivity index (χ0) is 19.0. The largest absolute Gasteiger partial charge is 0.497 e. The van der Waals surface area contributed by atoms with E-state index in [2.05, 4.69) is 37.6 Å². The molecule has 0 saturated carbocycles. The summed E-state index contributed by atoms with van der Waals surface area (Å²) >= 11 is 0. The highest BCUT2D eigenvalue weighted by Crippen LogP contribution is 2.46. The van der Waals surface area contributed by atoms with Crippen LogP contribution in [-0.2, 0) is 16.6 Å². The molecule has 1 heterocycles. The molecule has 0 radical (unpaired) electrons. The number of ether oxygens (including phenoxy) is 2. The number of methoxy groups -OCH3 is 1. The average molecular weight is 353 g/mol. The molecule has 1 aliphatic rings. The van der Waals surface area contributed by atoms with Gasteiger partial charge in [0, 0.05) is 35.5 Å². The lowest BCUT2D eigenvalue weighted by atomic mass is 9.76. The molecule has 0 amide bonds. The summed E-state index contributed by atoms with van der Waals surface area (Å²) in [4.78, 5) is 12.6. The van der Waals surface area contributed by atoms with Crippen LogP contribution in [-0.4, -0.2) is 24.3 Å². The van der Waals surface area contributed by atoms with E-state index >= 15 is 0 Å². The van der Waals surface area contributed by atoms with E-state index in [0.717, 1.165) is 16.9 Å². The molecular weight excluding hydrogens is 326 g/mol. The maximum absolute atomic E-state index is 12.6. The predicted octanol–water partition coefficient (Wildman–Crippen LogP) is 4.52. The average Bonchev–Trinajstić information content (AvgIpc) is 2.87. The maximum Gasteiger partial charge on any atom is 0.334 e. The van der Waals surface area contributed by atoms with Gasteiger partial charge in [-0.3, -0.25) is 0 Å². The van der Waals surface area contributed by atoms with Gasteiger partial charge in [-0.15, -0.1) is 0 Å². The Bertz CT molecular complexity index is 872. The summed E-state index contributed by atoms with van der Waals surface area (Å²) in [7, 11) is 3.76. The molecule has 4 heteroatoms. The van der Waals surface area contributed by atoms with Gasteiger partial charge in [0.15, 0.2) is 0 Å². The number of carbonyl (C=O) groups excluding carboxylic acids is 1. The van der Waals surface area contributed by atoms with Crippen molar-refractivity contribution in [2.75, 3.05) is 13.7 Å². The SMILES string of the molecule is CCOC(=O)C1=C(C)c2c(c(C)n(C)c2C)C(c2ccc(OC)cc2)C1. The van der Waals surface area contributed by atoms with Crippen LogP contribution in [0, 0.1) is 13.8 Å². The van der Waals surface area contributed by atoms with E-state index < -0.39 is 0 Å². The Hall–Kier alpha value is -2.49. The maximum atomic E-state index is 12.6. The second kappa shape index (κ2) is 7.02. The number of hydrogen-bond donors (Lipinski definition) is 0. The van der Waals surface area contributed by atoms with Crippen LogP contribution in [0.15, 0.2) is 29.8 Å². The van der Waals surface area contributed by atoms with Gasteiger partial charge < -0.3 is 14.0 Å². The van der Waals surface area contributed by atoms with Gasteiger partial charge in [-0.05, 0) is 62.9 Å². The van der Waals surface area contributed by atoms with Crippen LogP contribution >= 0.6 is 0 Å². The van der Waals surface area contributed by atoms with Crippen LogP contribution < -0.4 is 4.74 Å². The third-order valence-corrected chi connectivity index (χ3v) is 5.65. The lowest BCUT2D eigenvalue weighted by Gasteiger charge is -2.27. The van der Waals surface area contributed by atoms with Crippen molar-refractivity contribution in [1.29, 1.82) is 0 Å². The van der Waals surface area contributed by atoms with Crippen molar-refractivity contribution >= 4 is 11.5 Å². The highest BCUT2D eigenvalue weighted by molar-refractivity contribution is 5.99. The number of allylic oxidation sites excluding steroid dienone is 1. The Morgan fingerprint density at radius 1 is 1.15 bits per heavy atom. The summed E-state index contributed by atoms with van der Waals surface area (Å²) in [5.74, 6) is 0.775. The van der Waals surface area contributed by atoms with Crippen molar-refractivity contribution in [3.8, 4) is 5.75 Å². The number of aromatic nitrogens is 1. The summed E-state index contributed by atoms with van der Waals surface area (Å²) in [6, 6.07) is 8.15. The highest BCUT2D eigenvalue weighted by Gasteiger charge is 2.34. The molecule has 0 spiro atoms. The minimum absolute atomic E-state index is 0.138. The molecule has 1 unspecified atom stereocenters. The number of nitrogens with zero attached hydrogens (tertiary/aromatic N) is 1. The second-order valence-corrected chi connectivity index (χ2v) is 6.87. The van der Waals surface area contributed by atoms with E-state index in [1.807, 2.05) is 26.0 Å². The van der Waals surface area contributed by atoms with Crippen molar-refractivity contribution in [2.24, 2.45) is 7.05 Å². The summed E-state index contributed by atoms with van der Waals surface area (Å²) < 4.78 is 12.9. The summed E-state index contributed by atoms with van der Waals surface area (Å²) in [6.07, 6.45) is 0.661. The fourth-order valence-corrected chi connectivity index (χ4v) is 4.06. The van der Waals surface area contributed by atoms with Gasteiger partial charge in [0.25, 0.3) is 0 Å². The molecule has 1 atom stereocenters. The molecule has 2 aromatic rings. The van der Waals surface area contributed by atoms with Crippen molar-refractivity contribution < 1.29 is 14.3 Å². The first-order valence-electron chi connectivity index (χ1n) is 9.07. The van der Waals surface area contributed by atoms with E-state index in [4.69, 9.17) is 9.47 Å². The van der Waals surface area contributed by atoms with E-state index in [1.54, 1.807) is 7.11 Å². The molecule has 1 aliphatic carbocycles. The topological polar surface area (TPSA) is 40.5 Å². The highest BCUT2D eigenvalue weighted by atomic mass is 16.5. The summed E-state index contributed by atoms with van der Waals surface area (Å²) in [5, 5.41) is 0. The smallest absolute Gasteiger partial charge is 0.334 e. The van der Waals surface area contributed by atoms with Crippen LogP contribution in [0.1, 0.15) is 54.3 Å². The fourth-order valence-electron chi connectivity index (χ4n) is 4.06. The van der Waals surface area contributed by atoms with Crippen LogP contribution in [0.5, 0.6) is 5.75 Å². The number of hydrogen-bond acceptors (Lipinski definition) is 3. The zero-order valence-corrected chi connectivity index (χ0v) is 16.5. The summed E-state index contributed by atoms with van der Waals surface area (Å²) in [5.41, 5.74) is 7.98. The van der Waals surface area contributed by atoms with Crippen molar-refractivity contribution in [3.05, 3.63) is 57.9 Å². The lowest BCUT2D eigenvalue weighted by Crippen LogP contribution is -2.18. The Balaban J connectivity index is 2.18. The van der Waals surface area contributed by atoms with Gasteiger partial charge in [-0.25, -0.2) is 4.79 Å². The monoisotopic (exact) mass is 353 g/mol. The van der Waals surface area contributed by atoms with Crippen LogP contribution in [0.4, 0.5) is 0 Å². The quantitative estimate of drug-likeness (QED) is 0.759. The molecule has 1 aromatic heterocycles. The number of carbonyl (C=O) groups is 1. The third kappa shape index (κ3) is 2.83. The molecule has 0 N–H and O–H groups in total. The predicted molar refractivity (Wildman–Crippen MR) is 104 cm³/mol. The van der Waals surface area contributed by atoms with Gasteiger partial charge in [-0.1, -0.05) is 12.1 Å². The van der Waals surface area contributed by atoms with E-state index in [1.165, 1.54) is 28.1 Å². The minimum atomic E-state index is -0.199. The first kappa shape index (κ1) is 18.3. The lowest BCUT2D eigenvalue weighted by molar-refractivity contribution is -0.138. The standard InChI is InChI=1S/C22H27NO3/c1-7-26-22(24)18-12-19(16-8-10-17(25-6)11-9-16)21-15(4)23(5)14(3)20(21)13(18)2/h8-11,19H,7,12H2,1-6H3. The van der Waals surface area contributed by atoms with Crippen molar-refractivity contribution in [3.63, 3.8) is 0 Å². The molecule has 1 aromatic carbocycles. The molecule has 4 nitrogen and oxygen atoms in total. The van der Waals surface area contributed by atoms with E-state index in [-0.39, 0.29) is 11.9 Å². The zero-order valence-electron chi connectivity index (χ0n) is 16.5. The van der Waals surface area contributed by atoms with Gasteiger partial charge in [0.2, 0.25) is 0 Å². The molecule has 138 valence electrons. The normalized spacial score (nSPS) is 16.5. The molecule has 0 aliphatic heterocycles. The number of esters is 1. The first-order chi connectivity index (χ1) is 12.4. The molecule has 26 heavy (non-hydrogen) atoms. The number of fused-ring (bicyclic) bond motifs is 1. The molecule has 0 fully saturated rings. The van der Waals surface area contributed by atoms with Gasteiger partial charge in [0.1, 0.15) is 5.75 Å². The van der Waals surface area contributed by atoms with Crippen molar-refractivity contribution in [1.82, 2.24) is 4.57 Å². The summed E-state index contributed by atoms with van der Waals surface area (Å²) in [6.45, 7) is 8.56. The molecule has 3 rings (SSSR count). The molecular formula is C22H27NO3.